The highest BCUT2D eigenvalue weighted by atomic mass is 35.5. The van der Waals surface area contributed by atoms with Crippen molar-refractivity contribution in [1.29, 1.82) is 0 Å². The van der Waals surface area contributed by atoms with Crippen molar-refractivity contribution in [2.45, 2.75) is 33.3 Å². The lowest BCUT2D eigenvalue weighted by atomic mass is 10.2. The van der Waals surface area contributed by atoms with Crippen LogP contribution in [-0.2, 0) is 9.53 Å². The van der Waals surface area contributed by atoms with Gasteiger partial charge in [0.25, 0.3) is 0 Å². The van der Waals surface area contributed by atoms with Crippen molar-refractivity contribution in [2.24, 2.45) is 0 Å². The van der Waals surface area contributed by atoms with E-state index in [4.69, 9.17) is 25.8 Å². The summed E-state index contributed by atoms with van der Waals surface area (Å²) < 4.78 is 16.2. The fraction of sp³-hybridized carbons (Fsp3) is 0.500. The number of carbonyl (C=O) groups is 1. The van der Waals surface area contributed by atoms with Gasteiger partial charge in [-0.3, -0.25) is 4.79 Å². The quantitative estimate of drug-likeness (QED) is 0.513. The molecule has 1 N–H and O–H groups in total. The van der Waals surface area contributed by atoms with Gasteiger partial charge in [0.2, 0.25) is 5.91 Å². The van der Waals surface area contributed by atoms with Crippen LogP contribution in [0.5, 0.6) is 11.5 Å². The van der Waals surface area contributed by atoms with Crippen LogP contribution in [0.15, 0.2) is 18.2 Å². The highest BCUT2D eigenvalue weighted by Gasteiger charge is 2.10. The fourth-order valence-electron chi connectivity index (χ4n) is 1.95. The van der Waals surface area contributed by atoms with Crippen molar-refractivity contribution in [3.63, 3.8) is 0 Å². The van der Waals surface area contributed by atoms with Gasteiger partial charge in [-0.05, 0) is 51.0 Å². The Kier molecular flexibility index (Phi) is 9.27. The molecule has 0 saturated heterocycles. The number of ether oxygens (including phenoxy) is 3. The van der Waals surface area contributed by atoms with Crippen LogP contribution < -0.4 is 14.8 Å². The van der Waals surface area contributed by atoms with Gasteiger partial charge in [-0.1, -0.05) is 11.6 Å². The number of nitrogens with one attached hydrogen (secondary N) is 1. The smallest absolute Gasteiger partial charge is 0.244 e. The van der Waals surface area contributed by atoms with Crippen LogP contribution >= 0.6 is 11.6 Å². The molecule has 0 fully saturated rings. The summed E-state index contributed by atoms with van der Waals surface area (Å²) in [5.41, 5.74) is 0.763. The first-order valence-corrected chi connectivity index (χ1v) is 8.43. The summed E-state index contributed by atoms with van der Waals surface area (Å²) in [7, 11) is 1.55. The van der Waals surface area contributed by atoms with E-state index in [0.29, 0.717) is 36.3 Å². The molecule has 0 bridgehead atoms. The molecule has 0 spiro atoms. The number of amides is 1. The molecule has 0 aliphatic rings. The lowest BCUT2D eigenvalue weighted by Crippen LogP contribution is -2.23. The number of methoxy groups -OCH3 is 1. The molecule has 0 saturated carbocycles. The second kappa shape index (κ2) is 10.9. The Morgan fingerprint density at radius 1 is 1.38 bits per heavy atom. The Bertz CT molecular complexity index is 558. The molecule has 0 radical (unpaired) electrons. The molecule has 5 nitrogen and oxygen atoms in total. The van der Waals surface area contributed by atoms with Gasteiger partial charge in [0.1, 0.15) is 0 Å². The zero-order valence-corrected chi connectivity index (χ0v) is 15.5. The predicted octanol–water partition coefficient (Wildman–Crippen LogP) is 3.69. The third kappa shape index (κ3) is 7.23. The SMILES string of the molecule is CCOc1c(Cl)cc(/C=C/C(=O)NCCCOC(C)C)cc1OC. The van der Waals surface area contributed by atoms with Crippen molar-refractivity contribution in [3.05, 3.63) is 28.8 Å². The molecule has 0 atom stereocenters. The number of hydrogen-bond donors (Lipinski definition) is 1. The zero-order chi connectivity index (χ0) is 17.9. The maximum absolute atomic E-state index is 11.8. The molecule has 6 heteroatoms. The van der Waals surface area contributed by atoms with Crippen LogP contribution in [0.1, 0.15) is 32.8 Å². The Labute approximate surface area is 148 Å². The van der Waals surface area contributed by atoms with Crippen LogP contribution in [0.4, 0.5) is 0 Å². The van der Waals surface area contributed by atoms with Crippen LogP contribution in [0.3, 0.4) is 0 Å². The van der Waals surface area contributed by atoms with Gasteiger partial charge in [-0.2, -0.15) is 0 Å². The topological polar surface area (TPSA) is 56.8 Å². The van der Waals surface area contributed by atoms with Crippen molar-refractivity contribution >= 4 is 23.6 Å². The summed E-state index contributed by atoms with van der Waals surface area (Å²) in [6.07, 6.45) is 4.14. The minimum Gasteiger partial charge on any atom is -0.493 e. The molecule has 0 heterocycles. The van der Waals surface area contributed by atoms with Crippen molar-refractivity contribution in [3.8, 4) is 11.5 Å². The van der Waals surface area contributed by atoms with Gasteiger partial charge in [0, 0.05) is 19.2 Å². The standard InChI is InChI=1S/C18H26ClNO4/c1-5-23-18-15(19)11-14(12-16(18)22-4)7-8-17(21)20-9-6-10-24-13(2)3/h7-8,11-13H,5-6,9-10H2,1-4H3,(H,20,21)/b8-7+. The van der Waals surface area contributed by atoms with E-state index in [-0.39, 0.29) is 12.0 Å². The van der Waals surface area contributed by atoms with Gasteiger partial charge in [0.05, 0.1) is 24.8 Å². The molecule has 0 aliphatic carbocycles. The van der Waals surface area contributed by atoms with Gasteiger partial charge in [0.15, 0.2) is 11.5 Å². The Hall–Kier alpha value is -1.72. The molecular formula is C18H26ClNO4. The molecule has 1 aromatic rings. The average molecular weight is 356 g/mol. The molecule has 1 rings (SSSR count). The van der Waals surface area contributed by atoms with Gasteiger partial charge in [-0.25, -0.2) is 0 Å². The first-order chi connectivity index (χ1) is 11.5. The summed E-state index contributed by atoms with van der Waals surface area (Å²) in [6.45, 7) is 7.54. The number of halogens is 1. The third-order valence-electron chi connectivity index (χ3n) is 3.04. The number of benzene rings is 1. The van der Waals surface area contributed by atoms with Crippen LogP contribution in [0.25, 0.3) is 6.08 Å². The highest BCUT2D eigenvalue weighted by Crippen LogP contribution is 2.36. The monoisotopic (exact) mass is 355 g/mol. The van der Waals surface area contributed by atoms with Crippen molar-refractivity contribution in [1.82, 2.24) is 5.32 Å². The minimum atomic E-state index is -0.163. The van der Waals surface area contributed by atoms with Crippen LogP contribution in [-0.4, -0.2) is 38.9 Å². The Morgan fingerprint density at radius 3 is 2.75 bits per heavy atom. The van der Waals surface area contributed by atoms with Crippen molar-refractivity contribution in [2.75, 3.05) is 26.9 Å². The largest absolute Gasteiger partial charge is 0.493 e. The maximum atomic E-state index is 11.8. The maximum Gasteiger partial charge on any atom is 0.244 e. The summed E-state index contributed by atoms with van der Waals surface area (Å²) in [4.78, 5) is 11.8. The first kappa shape index (κ1) is 20.3. The van der Waals surface area contributed by atoms with E-state index in [1.807, 2.05) is 20.8 Å². The van der Waals surface area contributed by atoms with Gasteiger partial charge < -0.3 is 19.5 Å². The van der Waals surface area contributed by atoms with Crippen LogP contribution in [0, 0.1) is 0 Å². The van der Waals surface area contributed by atoms with E-state index in [0.717, 1.165) is 12.0 Å². The molecule has 134 valence electrons. The highest BCUT2D eigenvalue weighted by molar-refractivity contribution is 6.32. The van der Waals surface area contributed by atoms with E-state index < -0.39 is 0 Å². The normalized spacial score (nSPS) is 11.1. The minimum absolute atomic E-state index is 0.163. The van der Waals surface area contributed by atoms with E-state index in [9.17, 15) is 4.79 Å². The Morgan fingerprint density at radius 2 is 2.12 bits per heavy atom. The molecule has 24 heavy (non-hydrogen) atoms. The van der Waals surface area contributed by atoms with E-state index in [1.54, 1.807) is 25.3 Å². The molecule has 1 amide bonds. The summed E-state index contributed by atoms with van der Waals surface area (Å²) in [5, 5.41) is 3.25. The third-order valence-corrected chi connectivity index (χ3v) is 3.32. The summed E-state index contributed by atoms with van der Waals surface area (Å²) in [6, 6.07) is 3.51. The van der Waals surface area contributed by atoms with Gasteiger partial charge in [-0.15, -0.1) is 0 Å². The summed E-state index contributed by atoms with van der Waals surface area (Å²) >= 11 is 6.20. The number of carbonyl (C=O) groups excluding carboxylic acids is 1. The second-order valence-corrected chi connectivity index (χ2v) is 5.77. The fourth-order valence-corrected chi connectivity index (χ4v) is 2.23. The molecule has 1 aromatic carbocycles. The number of rotatable bonds is 10. The molecule has 0 aromatic heterocycles. The average Bonchev–Trinajstić information content (AvgIpc) is 2.54. The molecule has 0 aliphatic heterocycles. The predicted molar refractivity (Wildman–Crippen MR) is 96.9 cm³/mol. The van der Waals surface area contributed by atoms with Crippen LogP contribution in [0.2, 0.25) is 5.02 Å². The lowest BCUT2D eigenvalue weighted by molar-refractivity contribution is -0.116. The van der Waals surface area contributed by atoms with E-state index >= 15 is 0 Å². The number of hydrogen-bond acceptors (Lipinski definition) is 4. The molecular weight excluding hydrogens is 330 g/mol. The van der Waals surface area contributed by atoms with Gasteiger partial charge >= 0.3 is 0 Å². The Balaban J connectivity index is 2.57. The summed E-state index contributed by atoms with van der Waals surface area (Å²) in [5.74, 6) is 0.882. The van der Waals surface area contributed by atoms with Crippen molar-refractivity contribution < 1.29 is 19.0 Å². The lowest BCUT2D eigenvalue weighted by Gasteiger charge is -2.11. The molecule has 0 unspecified atom stereocenters. The second-order valence-electron chi connectivity index (χ2n) is 5.36. The van der Waals surface area contributed by atoms with E-state index in [1.165, 1.54) is 6.08 Å². The zero-order valence-electron chi connectivity index (χ0n) is 14.7. The van der Waals surface area contributed by atoms with E-state index in [2.05, 4.69) is 5.32 Å². The first-order valence-electron chi connectivity index (χ1n) is 8.05.